The maximum atomic E-state index is 4.45. The van der Waals surface area contributed by atoms with Gasteiger partial charge < -0.3 is 0 Å². The Kier molecular flexibility index (Phi) is 5.71. The van der Waals surface area contributed by atoms with Crippen LogP contribution < -0.4 is 0 Å². The van der Waals surface area contributed by atoms with Crippen molar-refractivity contribution in [3.63, 3.8) is 0 Å². The van der Waals surface area contributed by atoms with Crippen molar-refractivity contribution in [1.82, 2.24) is 9.97 Å². The highest BCUT2D eigenvalue weighted by Gasteiger charge is 2.17. The van der Waals surface area contributed by atoms with E-state index in [1.165, 1.54) is 54.9 Å². The van der Waals surface area contributed by atoms with Crippen molar-refractivity contribution in [1.29, 1.82) is 0 Å². The lowest BCUT2D eigenvalue weighted by Crippen LogP contribution is -1.92. The van der Waals surface area contributed by atoms with Gasteiger partial charge in [-0.25, -0.2) is 9.97 Å². The number of hydrogen-bond acceptors (Lipinski definition) is 2. The molecule has 184 valence electrons. The van der Waals surface area contributed by atoms with Gasteiger partial charge in [0.1, 0.15) is 6.33 Å². The fourth-order valence-corrected chi connectivity index (χ4v) is 5.64. The smallest absolute Gasteiger partial charge is 0.116 e. The predicted molar refractivity (Wildman–Crippen MR) is 164 cm³/mol. The van der Waals surface area contributed by atoms with Gasteiger partial charge in [0, 0.05) is 11.3 Å². The van der Waals surface area contributed by atoms with Gasteiger partial charge in [-0.05, 0) is 74.0 Å². The summed E-state index contributed by atoms with van der Waals surface area (Å²) in [5, 5.41) is 5.05. The SMILES string of the molecule is Cc1cc(-c2ccc(-c3ccc4c(-c5ccccc5)c5ccccc5c(-c5ccccc5)c4c3)cc2)ncn1. The normalized spacial score (nSPS) is 11.2. The molecule has 7 rings (SSSR count). The number of fused-ring (bicyclic) bond motifs is 2. The van der Waals surface area contributed by atoms with E-state index in [4.69, 9.17) is 0 Å². The van der Waals surface area contributed by atoms with Crippen molar-refractivity contribution in [3.05, 3.63) is 145 Å². The second-order valence-corrected chi connectivity index (χ2v) is 9.91. The molecule has 0 amide bonds. The molecule has 0 aliphatic heterocycles. The highest BCUT2D eigenvalue weighted by molar-refractivity contribution is 6.21. The first kappa shape index (κ1) is 23.1. The summed E-state index contributed by atoms with van der Waals surface area (Å²) in [7, 11) is 0. The fraction of sp³-hybridized carbons (Fsp3) is 0.0270. The average Bonchev–Trinajstić information content (AvgIpc) is 3.00. The van der Waals surface area contributed by atoms with Gasteiger partial charge in [0.15, 0.2) is 0 Å². The van der Waals surface area contributed by atoms with E-state index >= 15 is 0 Å². The largest absolute Gasteiger partial charge is 0.242 e. The average molecular weight is 499 g/mol. The molecule has 0 bridgehead atoms. The first-order valence-corrected chi connectivity index (χ1v) is 13.2. The first-order valence-electron chi connectivity index (χ1n) is 13.2. The number of hydrogen-bond donors (Lipinski definition) is 0. The highest BCUT2D eigenvalue weighted by Crippen LogP contribution is 2.44. The van der Waals surface area contributed by atoms with Crippen LogP contribution in [0.3, 0.4) is 0 Å². The molecule has 1 aromatic heterocycles. The molecule has 0 saturated carbocycles. The molecule has 0 fully saturated rings. The lowest BCUT2D eigenvalue weighted by atomic mass is 9.85. The van der Waals surface area contributed by atoms with Crippen molar-refractivity contribution < 1.29 is 0 Å². The van der Waals surface area contributed by atoms with Gasteiger partial charge in [-0.15, -0.1) is 0 Å². The molecule has 0 atom stereocenters. The minimum Gasteiger partial charge on any atom is -0.242 e. The van der Waals surface area contributed by atoms with E-state index in [1.807, 2.05) is 13.0 Å². The van der Waals surface area contributed by atoms with Gasteiger partial charge in [-0.3, -0.25) is 0 Å². The van der Waals surface area contributed by atoms with Crippen LogP contribution in [0.2, 0.25) is 0 Å². The monoisotopic (exact) mass is 498 g/mol. The maximum absolute atomic E-state index is 4.45. The van der Waals surface area contributed by atoms with Crippen LogP contribution in [0.4, 0.5) is 0 Å². The molecular formula is C37H26N2. The number of aryl methyl sites for hydroxylation is 1. The van der Waals surface area contributed by atoms with Gasteiger partial charge in [-0.2, -0.15) is 0 Å². The molecule has 0 saturated heterocycles. The Morgan fingerprint density at radius 1 is 0.385 bits per heavy atom. The topological polar surface area (TPSA) is 25.8 Å². The van der Waals surface area contributed by atoms with Crippen molar-refractivity contribution in [3.8, 4) is 44.6 Å². The fourth-order valence-electron chi connectivity index (χ4n) is 5.64. The highest BCUT2D eigenvalue weighted by atomic mass is 14.8. The van der Waals surface area contributed by atoms with Crippen LogP contribution in [0.15, 0.2) is 140 Å². The standard InChI is InChI=1S/C37H26N2/c1-25-22-35(39-24-38-25)27-18-16-26(17-19-27)30-20-21-33-34(23-30)37(29-12-6-3-7-13-29)32-15-9-8-14-31(32)36(33)28-10-4-2-5-11-28/h2-24H,1H3. The third kappa shape index (κ3) is 4.17. The predicted octanol–water partition coefficient (Wildman–Crippen LogP) is 9.76. The number of rotatable bonds is 4. The Morgan fingerprint density at radius 2 is 0.897 bits per heavy atom. The lowest BCUT2D eigenvalue weighted by molar-refractivity contribution is 1.11. The van der Waals surface area contributed by atoms with Crippen molar-refractivity contribution in [2.24, 2.45) is 0 Å². The van der Waals surface area contributed by atoms with Gasteiger partial charge in [-0.1, -0.05) is 121 Å². The van der Waals surface area contributed by atoms with Crippen LogP contribution in [0.5, 0.6) is 0 Å². The minimum atomic E-state index is 0.942. The van der Waals surface area contributed by atoms with E-state index in [0.717, 1.165) is 17.0 Å². The van der Waals surface area contributed by atoms with Crippen LogP contribution >= 0.6 is 0 Å². The lowest BCUT2D eigenvalue weighted by Gasteiger charge is -2.18. The Morgan fingerprint density at radius 3 is 1.51 bits per heavy atom. The Balaban J connectivity index is 1.48. The number of nitrogens with zero attached hydrogens (tertiary/aromatic N) is 2. The van der Waals surface area contributed by atoms with Gasteiger partial charge in [0.05, 0.1) is 5.69 Å². The molecule has 0 aliphatic rings. The summed E-state index contributed by atoms with van der Waals surface area (Å²) in [6.45, 7) is 1.99. The van der Waals surface area contributed by atoms with Crippen molar-refractivity contribution >= 4 is 21.5 Å². The van der Waals surface area contributed by atoms with Gasteiger partial charge in [0.2, 0.25) is 0 Å². The molecular weight excluding hydrogens is 472 g/mol. The summed E-state index contributed by atoms with van der Waals surface area (Å²) >= 11 is 0. The van der Waals surface area contributed by atoms with E-state index in [2.05, 4.69) is 137 Å². The molecule has 0 aliphatic carbocycles. The molecule has 6 aromatic carbocycles. The van der Waals surface area contributed by atoms with E-state index in [-0.39, 0.29) is 0 Å². The third-order valence-corrected chi connectivity index (χ3v) is 7.47. The molecule has 0 unspecified atom stereocenters. The van der Waals surface area contributed by atoms with E-state index in [0.29, 0.717) is 0 Å². The zero-order chi connectivity index (χ0) is 26.2. The van der Waals surface area contributed by atoms with Crippen LogP contribution in [-0.2, 0) is 0 Å². The molecule has 39 heavy (non-hydrogen) atoms. The van der Waals surface area contributed by atoms with Crippen LogP contribution in [0, 0.1) is 6.92 Å². The number of aromatic nitrogens is 2. The minimum absolute atomic E-state index is 0.942. The molecule has 7 aromatic rings. The second-order valence-electron chi connectivity index (χ2n) is 9.91. The molecule has 0 N–H and O–H groups in total. The van der Waals surface area contributed by atoms with Crippen LogP contribution in [-0.4, -0.2) is 9.97 Å². The summed E-state index contributed by atoms with van der Waals surface area (Å²) < 4.78 is 0. The van der Waals surface area contributed by atoms with Crippen LogP contribution in [0.25, 0.3) is 66.2 Å². The van der Waals surface area contributed by atoms with Crippen LogP contribution in [0.1, 0.15) is 5.69 Å². The summed E-state index contributed by atoms with van der Waals surface area (Å²) in [4.78, 5) is 8.69. The molecule has 0 spiro atoms. The Labute approximate surface area is 228 Å². The summed E-state index contributed by atoms with van der Waals surface area (Å²) in [6, 6.07) is 47.9. The van der Waals surface area contributed by atoms with E-state index in [9.17, 15) is 0 Å². The third-order valence-electron chi connectivity index (χ3n) is 7.47. The zero-order valence-corrected chi connectivity index (χ0v) is 21.7. The molecule has 2 heteroatoms. The summed E-state index contributed by atoms with van der Waals surface area (Å²) in [5.74, 6) is 0. The van der Waals surface area contributed by atoms with E-state index in [1.54, 1.807) is 6.33 Å². The molecule has 0 radical (unpaired) electrons. The second kappa shape index (κ2) is 9.66. The van der Waals surface area contributed by atoms with Gasteiger partial charge in [0.25, 0.3) is 0 Å². The number of benzene rings is 6. The maximum Gasteiger partial charge on any atom is 0.116 e. The van der Waals surface area contributed by atoms with E-state index < -0.39 is 0 Å². The Bertz CT molecular complexity index is 1940. The molecule has 1 heterocycles. The first-order chi connectivity index (χ1) is 19.3. The quantitative estimate of drug-likeness (QED) is 0.226. The van der Waals surface area contributed by atoms with Crippen molar-refractivity contribution in [2.45, 2.75) is 6.92 Å². The Hall–Kier alpha value is -5.08. The summed E-state index contributed by atoms with van der Waals surface area (Å²) in [5.41, 5.74) is 10.4. The zero-order valence-electron chi connectivity index (χ0n) is 21.7. The van der Waals surface area contributed by atoms with Crippen molar-refractivity contribution in [2.75, 3.05) is 0 Å². The summed E-state index contributed by atoms with van der Waals surface area (Å²) in [6.07, 6.45) is 1.63. The van der Waals surface area contributed by atoms with Gasteiger partial charge >= 0.3 is 0 Å². The molecule has 2 nitrogen and oxygen atoms in total.